The molecule has 2 aromatic carbocycles. The number of benzene rings is 2. The van der Waals surface area contributed by atoms with Crippen LogP contribution in [0.2, 0.25) is 0 Å². The Kier molecular flexibility index (Phi) is 8.42. The lowest BCUT2D eigenvalue weighted by molar-refractivity contribution is -0.608. The fraction of sp³-hybridized carbons (Fsp3) is 0.345. The molecule has 3 aromatic rings. The van der Waals surface area contributed by atoms with Crippen molar-refractivity contribution < 1.29 is 28.9 Å². The van der Waals surface area contributed by atoms with E-state index in [1.807, 2.05) is 46.8 Å². The minimum Gasteiger partial charge on any atom is -0.618 e. The number of carbonyl (C=O) groups is 2. The van der Waals surface area contributed by atoms with E-state index in [-0.39, 0.29) is 16.4 Å². The predicted molar refractivity (Wildman–Crippen MR) is 140 cm³/mol. The van der Waals surface area contributed by atoms with Crippen molar-refractivity contribution in [1.82, 2.24) is 5.32 Å². The Hall–Kier alpha value is -4.07. The van der Waals surface area contributed by atoms with Crippen LogP contribution in [0.4, 0.5) is 0 Å². The number of nitrogens with zero attached hydrogens (tertiary/aromatic N) is 1. The second-order valence-electron chi connectivity index (χ2n) is 9.41. The average molecular weight is 507 g/mol. The van der Waals surface area contributed by atoms with Gasteiger partial charge in [0.1, 0.15) is 12.1 Å². The molecule has 1 amide bonds. The Morgan fingerprint density at radius 3 is 1.95 bits per heavy atom. The second-order valence-corrected chi connectivity index (χ2v) is 9.41. The van der Waals surface area contributed by atoms with E-state index in [4.69, 9.17) is 9.47 Å². The lowest BCUT2D eigenvalue weighted by Crippen LogP contribution is -2.46. The second kappa shape index (κ2) is 11.3. The van der Waals surface area contributed by atoms with E-state index in [9.17, 15) is 19.9 Å². The molecule has 0 saturated heterocycles. The first kappa shape index (κ1) is 27.5. The van der Waals surface area contributed by atoms with E-state index in [1.165, 1.54) is 31.2 Å². The number of aromatic hydroxyl groups is 1. The van der Waals surface area contributed by atoms with Gasteiger partial charge in [-0.2, -0.15) is 4.73 Å². The van der Waals surface area contributed by atoms with E-state index < -0.39 is 35.5 Å². The molecule has 0 fully saturated rings. The Morgan fingerprint density at radius 2 is 1.46 bits per heavy atom. The summed E-state index contributed by atoms with van der Waals surface area (Å²) in [6, 6.07) is 12.5. The van der Waals surface area contributed by atoms with Gasteiger partial charge in [0.15, 0.2) is 11.9 Å². The van der Waals surface area contributed by atoms with Crippen LogP contribution in [0.1, 0.15) is 63.6 Å². The Morgan fingerprint density at radius 1 is 0.919 bits per heavy atom. The van der Waals surface area contributed by atoms with Crippen molar-refractivity contribution in [3.8, 4) is 11.5 Å². The zero-order valence-corrected chi connectivity index (χ0v) is 22.3. The molecule has 0 aliphatic heterocycles. The number of ether oxygens (including phenoxy) is 2. The van der Waals surface area contributed by atoms with Gasteiger partial charge >= 0.3 is 17.6 Å². The van der Waals surface area contributed by atoms with Crippen LogP contribution in [-0.4, -0.2) is 36.2 Å². The molecule has 3 rings (SSSR count). The molecular weight excluding hydrogens is 472 g/mol. The third-order valence-electron chi connectivity index (χ3n) is 6.73. The molecule has 1 heterocycles. The maximum Gasteiger partial charge on any atom is 0.328 e. The molecule has 8 heteroatoms. The molecule has 0 radical (unpaired) electrons. The Labute approximate surface area is 217 Å². The van der Waals surface area contributed by atoms with E-state index in [0.717, 1.165) is 28.5 Å². The normalized spacial score (nSPS) is 12.6. The van der Waals surface area contributed by atoms with Gasteiger partial charge in [0, 0.05) is 12.0 Å². The van der Waals surface area contributed by atoms with Gasteiger partial charge in [0.2, 0.25) is 5.75 Å². The number of hydrogen-bond acceptors (Lipinski definition) is 6. The first-order chi connectivity index (χ1) is 17.4. The summed E-state index contributed by atoms with van der Waals surface area (Å²) in [6.45, 7) is 11.5. The van der Waals surface area contributed by atoms with Crippen molar-refractivity contribution >= 4 is 11.9 Å². The highest BCUT2D eigenvalue weighted by Crippen LogP contribution is 2.32. The van der Waals surface area contributed by atoms with Crippen molar-refractivity contribution in [3.63, 3.8) is 0 Å². The van der Waals surface area contributed by atoms with Crippen LogP contribution in [0.5, 0.6) is 11.5 Å². The number of carbonyl (C=O) groups excluding carboxylic acids is 2. The third kappa shape index (κ3) is 6.02. The molecule has 37 heavy (non-hydrogen) atoms. The van der Waals surface area contributed by atoms with Crippen molar-refractivity contribution in [1.29, 1.82) is 0 Å². The van der Waals surface area contributed by atoms with E-state index in [1.54, 1.807) is 0 Å². The Bertz CT molecular complexity index is 1270. The highest BCUT2D eigenvalue weighted by atomic mass is 16.5. The molecule has 1 aromatic heterocycles. The number of hydrogen-bond donors (Lipinski definition) is 2. The predicted octanol–water partition coefficient (Wildman–Crippen LogP) is 4.15. The van der Waals surface area contributed by atoms with Gasteiger partial charge in [-0.3, -0.25) is 4.79 Å². The molecule has 8 nitrogen and oxygen atoms in total. The number of nitrogens with one attached hydrogen (secondary N) is 1. The SMILES string of the molecule is COc1cc[n+]([O-])c(C(=O)N[C@@H](C)C(=O)O[C@@H](C)C(c2ccc(C)c(C)c2)c2ccc(C)c(C)c2)c1O. The molecular formula is C29H34N2O6. The van der Waals surface area contributed by atoms with Gasteiger partial charge < -0.3 is 25.1 Å². The standard InChI is InChI=1S/C29H34N2O6/c1-16-8-10-22(14-18(16)3)25(23-11-9-17(2)19(4)15-23)21(6)37-29(34)20(5)30-28(33)26-27(32)24(36-7)12-13-31(26)35/h8-15,20-21,25,32H,1-7H3,(H,30,33)/t20-,21-/m0/s1. The molecule has 0 bridgehead atoms. The minimum atomic E-state index is -1.08. The summed E-state index contributed by atoms with van der Waals surface area (Å²) < 4.78 is 11.0. The van der Waals surface area contributed by atoms with Gasteiger partial charge in [-0.25, -0.2) is 4.79 Å². The summed E-state index contributed by atoms with van der Waals surface area (Å²) in [5.41, 5.74) is 6.05. The van der Waals surface area contributed by atoms with E-state index in [0.29, 0.717) is 0 Å². The van der Waals surface area contributed by atoms with Crippen LogP contribution >= 0.6 is 0 Å². The quantitative estimate of drug-likeness (QED) is 0.270. The summed E-state index contributed by atoms with van der Waals surface area (Å²) >= 11 is 0. The third-order valence-corrected chi connectivity index (χ3v) is 6.73. The zero-order valence-electron chi connectivity index (χ0n) is 22.3. The largest absolute Gasteiger partial charge is 0.618 e. The molecule has 0 aliphatic rings. The van der Waals surface area contributed by atoms with Crippen LogP contribution in [0, 0.1) is 32.9 Å². The van der Waals surface area contributed by atoms with Gasteiger partial charge in [0.05, 0.1) is 7.11 Å². The summed E-state index contributed by atoms with van der Waals surface area (Å²) in [7, 11) is 1.30. The molecule has 2 atom stereocenters. The first-order valence-electron chi connectivity index (χ1n) is 12.1. The van der Waals surface area contributed by atoms with Gasteiger partial charge in [-0.15, -0.1) is 0 Å². The maximum absolute atomic E-state index is 13.0. The van der Waals surface area contributed by atoms with Crippen LogP contribution in [-0.2, 0) is 9.53 Å². The zero-order chi connectivity index (χ0) is 27.4. The first-order valence-corrected chi connectivity index (χ1v) is 12.1. The monoisotopic (exact) mass is 506 g/mol. The number of pyridine rings is 1. The minimum absolute atomic E-state index is 0.0364. The van der Waals surface area contributed by atoms with E-state index >= 15 is 0 Å². The average Bonchev–Trinajstić information content (AvgIpc) is 2.83. The summed E-state index contributed by atoms with van der Waals surface area (Å²) in [6.07, 6.45) is 0.474. The van der Waals surface area contributed by atoms with Gasteiger partial charge in [-0.05, 0) is 74.9 Å². The van der Waals surface area contributed by atoms with Crippen LogP contribution < -0.4 is 14.8 Å². The summed E-state index contributed by atoms with van der Waals surface area (Å²) in [5.74, 6) is -2.49. The number of aromatic nitrogens is 1. The van der Waals surface area contributed by atoms with Crippen molar-refractivity contribution in [3.05, 3.63) is 92.9 Å². The number of amides is 1. The fourth-order valence-electron chi connectivity index (χ4n) is 4.21. The van der Waals surface area contributed by atoms with Crippen molar-refractivity contribution in [2.75, 3.05) is 7.11 Å². The topological polar surface area (TPSA) is 112 Å². The van der Waals surface area contributed by atoms with Crippen LogP contribution in [0.25, 0.3) is 0 Å². The molecule has 0 aliphatic carbocycles. The van der Waals surface area contributed by atoms with Crippen molar-refractivity contribution in [2.24, 2.45) is 0 Å². The highest BCUT2D eigenvalue weighted by molar-refractivity contribution is 5.96. The molecule has 0 saturated carbocycles. The summed E-state index contributed by atoms with van der Waals surface area (Å²) in [4.78, 5) is 25.7. The highest BCUT2D eigenvalue weighted by Gasteiger charge is 2.31. The van der Waals surface area contributed by atoms with Gasteiger partial charge in [-0.1, -0.05) is 36.4 Å². The Balaban J connectivity index is 1.84. The van der Waals surface area contributed by atoms with Crippen LogP contribution in [0.3, 0.4) is 0 Å². The molecule has 0 unspecified atom stereocenters. The number of rotatable bonds is 8. The van der Waals surface area contributed by atoms with Crippen molar-refractivity contribution in [2.45, 2.75) is 59.6 Å². The number of methoxy groups -OCH3 is 1. The van der Waals surface area contributed by atoms with Gasteiger partial charge in [0.25, 0.3) is 0 Å². The number of esters is 1. The van der Waals surface area contributed by atoms with Crippen LogP contribution in [0.15, 0.2) is 48.7 Å². The molecule has 0 spiro atoms. The summed E-state index contributed by atoms with van der Waals surface area (Å²) in [5, 5.41) is 24.8. The molecule has 2 N–H and O–H groups in total. The van der Waals surface area contributed by atoms with E-state index in [2.05, 4.69) is 29.6 Å². The fourth-order valence-corrected chi connectivity index (χ4v) is 4.21. The smallest absolute Gasteiger partial charge is 0.328 e. The maximum atomic E-state index is 13.0. The number of aryl methyl sites for hydroxylation is 4. The lowest BCUT2D eigenvalue weighted by Gasteiger charge is -2.27. The lowest BCUT2D eigenvalue weighted by atomic mass is 9.84. The molecule has 196 valence electrons.